The topological polar surface area (TPSA) is 18.5 Å². The van der Waals surface area contributed by atoms with Crippen LogP contribution in [0.3, 0.4) is 0 Å². The van der Waals surface area contributed by atoms with Crippen LogP contribution in [0.1, 0.15) is 6.42 Å². The normalized spacial score (nSPS) is 44.1. The van der Waals surface area contributed by atoms with Crippen LogP contribution in [0.4, 0.5) is 0 Å². The molecule has 3 fully saturated rings. The number of rotatable bonds is 2. The fourth-order valence-corrected chi connectivity index (χ4v) is 4.47. The Bertz CT molecular complexity index is 392. The van der Waals surface area contributed by atoms with E-state index >= 15 is 0 Å². The number of benzene rings is 1. The number of thioether (sulfide) groups is 1. The van der Waals surface area contributed by atoms with Crippen LogP contribution in [0.5, 0.6) is 0 Å². The molecule has 0 saturated carbocycles. The Morgan fingerprint density at radius 2 is 2.00 bits per heavy atom. The maximum Gasteiger partial charge on any atom is 0.0987 e. The van der Waals surface area contributed by atoms with E-state index < -0.39 is 0 Å². The third kappa shape index (κ3) is 1.28. The molecule has 1 aromatic carbocycles. The smallest absolute Gasteiger partial charge is 0.0987 e. The van der Waals surface area contributed by atoms with Gasteiger partial charge in [-0.2, -0.15) is 0 Å². The second-order valence-corrected chi connectivity index (χ2v) is 6.08. The second-order valence-electron chi connectivity index (χ2n) is 4.83. The fraction of sp³-hybridized carbons (Fsp3) is 0.538. The summed E-state index contributed by atoms with van der Waals surface area (Å²) in [4.78, 5) is 1.33. The van der Waals surface area contributed by atoms with Crippen molar-refractivity contribution in [1.82, 2.24) is 0 Å². The molecule has 3 aliphatic rings. The van der Waals surface area contributed by atoms with Crippen molar-refractivity contribution < 1.29 is 9.47 Å². The van der Waals surface area contributed by atoms with Gasteiger partial charge in [-0.05, 0) is 18.6 Å². The molecule has 16 heavy (non-hydrogen) atoms. The highest BCUT2D eigenvalue weighted by Crippen LogP contribution is 2.51. The molecule has 2 unspecified atom stereocenters. The molecular weight excluding hydrogens is 220 g/mol. The van der Waals surface area contributed by atoms with Gasteiger partial charge < -0.3 is 9.47 Å². The molecule has 0 aromatic heterocycles. The van der Waals surface area contributed by atoms with E-state index in [-0.39, 0.29) is 0 Å². The number of hydrogen-bond acceptors (Lipinski definition) is 3. The molecule has 0 spiro atoms. The van der Waals surface area contributed by atoms with Crippen LogP contribution in [0, 0.1) is 5.92 Å². The molecule has 5 atom stereocenters. The molecule has 0 amide bonds. The summed E-state index contributed by atoms with van der Waals surface area (Å²) in [6, 6.07) is 10.6. The lowest BCUT2D eigenvalue weighted by Crippen LogP contribution is -2.34. The predicted octanol–water partition coefficient (Wildman–Crippen LogP) is 2.33. The first-order chi connectivity index (χ1) is 7.92. The molecule has 0 radical (unpaired) electrons. The van der Waals surface area contributed by atoms with Crippen molar-refractivity contribution >= 4 is 11.8 Å². The van der Waals surface area contributed by atoms with Gasteiger partial charge in [0.1, 0.15) is 0 Å². The molecule has 3 heteroatoms. The summed E-state index contributed by atoms with van der Waals surface area (Å²) < 4.78 is 11.9. The molecule has 3 heterocycles. The quantitative estimate of drug-likeness (QED) is 0.782. The molecule has 3 saturated heterocycles. The van der Waals surface area contributed by atoms with Gasteiger partial charge in [0.15, 0.2) is 0 Å². The summed E-state index contributed by atoms with van der Waals surface area (Å²) in [5.74, 6) is 0.683. The summed E-state index contributed by atoms with van der Waals surface area (Å²) >= 11 is 1.92. The maximum absolute atomic E-state index is 6.00. The van der Waals surface area contributed by atoms with Crippen molar-refractivity contribution in [3.8, 4) is 0 Å². The molecule has 4 rings (SSSR count). The molecule has 84 valence electrons. The van der Waals surface area contributed by atoms with E-state index in [1.165, 1.54) is 11.3 Å². The number of hydrogen-bond donors (Lipinski definition) is 0. The largest absolute Gasteiger partial charge is 0.374 e. The third-order valence-corrected chi connectivity index (χ3v) is 5.25. The molecule has 2 bridgehead atoms. The molecule has 3 aliphatic heterocycles. The van der Waals surface area contributed by atoms with Crippen LogP contribution >= 0.6 is 11.8 Å². The first kappa shape index (κ1) is 9.51. The minimum Gasteiger partial charge on any atom is -0.374 e. The van der Waals surface area contributed by atoms with Crippen molar-refractivity contribution in [2.75, 3.05) is 6.61 Å². The molecule has 2 nitrogen and oxygen atoms in total. The van der Waals surface area contributed by atoms with Crippen molar-refractivity contribution in [3.63, 3.8) is 0 Å². The number of ether oxygens (including phenoxy) is 2. The minimum atomic E-state index is 0.342. The Hall–Kier alpha value is -0.510. The molecule has 0 N–H and O–H groups in total. The van der Waals surface area contributed by atoms with Gasteiger partial charge in [-0.15, -0.1) is 11.8 Å². The van der Waals surface area contributed by atoms with Gasteiger partial charge in [-0.25, -0.2) is 0 Å². The van der Waals surface area contributed by atoms with Crippen molar-refractivity contribution in [3.05, 3.63) is 30.3 Å². The van der Waals surface area contributed by atoms with Crippen LogP contribution in [-0.4, -0.2) is 30.2 Å². The van der Waals surface area contributed by atoms with Gasteiger partial charge in [-0.1, -0.05) is 18.2 Å². The van der Waals surface area contributed by atoms with E-state index in [0.717, 1.165) is 6.61 Å². The Morgan fingerprint density at radius 1 is 1.12 bits per heavy atom. The molecule has 0 aliphatic carbocycles. The first-order valence-electron chi connectivity index (χ1n) is 5.90. The first-order valence-corrected chi connectivity index (χ1v) is 6.78. The van der Waals surface area contributed by atoms with Gasteiger partial charge in [0.2, 0.25) is 0 Å². The Kier molecular flexibility index (Phi) is 2.07. The predicted molar refractivity (Wildman–Crippen MR) is 62.6 cm³/mol. The van der Waals surface area contributed by atoms with Gasteiger partial charge in [-0.3, -0.25) is 0 Å². The summed E-state index contributed by atoms with van der Waals surface area (Å²) in [5.41, 5.74) is 0. The van der Waals surface area contributed by atoms with Crippen LogP contribution in [0.25, 0.3) is 0 Å². The average Bonchev–Trinajstić information content (AvgIpc) is 2.91. The SMILES string of the molecule is c1ccc(S[C@@H]2C3OCC4C[C@@H]2O[C@H]43)cc1. The summed E-state index contributed by atoms with van der Waals surface area (Å²) in [7, 11) is 0. The van der Waals surface area contributed by atoms with Crippen LogP contribution in [-0.2, 0) is 9.47 Å². The van der Waals surface area contributed by atoms with E-state index in [0.29, 0.717) is 29.5 Å². The van der Waals surface area contributed by atoms with Gasteiger partial charge >= 0.3 is 0 Å². The lowest BCUT2D eigenvalue weighted by molar-refractivity contribution is 0.0657. The highest BCUT2D eigenvalue weighted by Gasteiger charge is 2.58. The highest BCUT2D eigenvalue weighted by molar-refractivity contribution is 8.00. The molecular formula is C13H14O2S. The maximum atomic E-state index is 6.00. The lowest BCUT2D eigenvalue weighted by atomic mass is 9.90. The van der Waals surface area contributed by atoms with E-state index in [9.17, 15) is 0 Å². The Morgan fingerprint density at radius 3 is 2.88 bits per heavy atom. The van der Waals surface area contributed by atoms with Crippen molar-refractivity contribution in [1.29, 1.82) is 0 Å². The third-order valence-electron chi connectivity index (χ3n) is 3.86. The zero-order chi connectivity index (χ0) is 10.5. The average molecular weight is 234 g/mol. The zero-order valence-corrected chi connectivity index (χ0v) is 9.73. The minimum absolute atomic E-state index is 0.342. The second kappa shape index (κ2) is 3.49. The van der Waals surface area contributed by atoms with Crippen LogP contribution in [0.2, 0.25) is 0 Å². The Labute approximate surface area is 99.3 Å². The monoisotopic (exact) mass is 234 g/mol. The van der Waals surface area contributed by atoms with E-state index in [1.807, 2.05) is 11.8 Å². The van der Waals surface area contributed by atoms with Gasteiger partial charge in [0.25, 0.3) is 0 Å². The summed E-state index contributed by atoms with van der Waals surface area (Å²) in [6.45, 7) is 0.914. The van der Waals surface area contributed by atoms with Crippen molar-refractivity contribution in [2.45, 2.75) is 34.9 Å². The summed E-state index contributed by atoms with van der Waals surface area (Å²) in [6.07, 6.45) is 2.36. The van der Waals surface area contributed by atoms with E-state index in [2.05, 4.69) is 30.3 Å². The summed E-state index contributed by atoms with van der Waals surface area (Å²) in [5, 5.41) is 0.506. The van der Waals surface area contributed by atoms with E-state index in [1.54, 1.807) is 0 Å². The fourth-order valence-electron chi connectivity index (χ4n) is 3.14. The standard InChI is InChI=1S/C13H14O2S/c1-2-4-9(5-3-1)16-13-10-6-8-7-14-12(13)11(8)15-10/h1-5,8,10-13H,6-7H2/t8?,10-,11+,12?,13-/m0/s1. The van der Waals surface area contributed by atoms with Crippen molar-refractivity contribution in [2.24, 2.45) is 5.92 Å². The van der Waals surface area contributed by atoms with Gasteiger partial charge in [0.05, 0.1) is 30.2 Å². The van der Waals surface area contributed by atoms with Gasteiger partial charge in [0, 0.05) is 10.8 Å². The van der Waals surface area contributed by atoms with Crippen LogP contribution < -0.4 is 0 Å². The van der Waals surface area contributed by atoms with E-state index in [4.69, 9.17) is 9.47 Å². The highest BCUT2D eigenvalue weighted by atomic mass is 32.2. The number of fused-ring (bicyclic) bond motifs is 1. The Balaban J connectivity index is 1.57. The zero-order valence-electron chi connectivity index (χ0n) is 8.91. The van der Waals surface area contributed by atoms with Crippen LogP contribution in [0.15, 0.2) is 35.2 Å². The lowest BCUT2D eigenvalue weighted by Gasteiger charge is -2.22. The molecule has 1 aromatic rings.